The quantitative estimate of drug-likeness (QED) is 0.819. The molecule has 6 nitrogen and oxygen atoms in total. The maximum absolute atomic E-state index is 12.9. The first-order chi connectivity index (χ1) is 14.1. The topological polar surface area (TPSA) is 70.7 Å². The predicted octanol–water partition coefficient (Wildman–Crippen LogP) is 3.19. The van der Waals surface area contributed by atoms with Gasteiger partial charge in [-0.05, 0) is 44.0 Å². The van der Waals surface area contributed by atoms with Gasteiger partial charge in [-0.15, -0.1) is 0 Å². The van der Waals surface area contributed by atoms with Gasteiger partial charge in [0.15, 0.2) is 11.9 Å². The molecule has 1 saturated heterocycles. The van der Waals surface area contributed by atoms with E-state index in [1.54, 1.807) is 25.1 Å². The fourth-order valence-electron chi connectivity index (χ4n) is 4.03. The van der Waals surface area contributed by atoms with Crippen LogP contribution in [0.25, 0.3) is 0 Å². The molecule has 2 unspecified atom stereocenters. The van der Waals surface area contributed by atoms with Crippen LogP contribution >= 0.6 is 0 Å². The normalized spacial score (nSPS) is 21.6. The van der Waals surface area contributed by atoms with Crippen LogP contribution in [0, 0.1) is 0 Å². The van der Waals surface area contributed by atoms with Gasteiger partial charge in [-0.2, -0.15) is 0 Å². The highest BCUT2D eigenvalue weighted by molar-refractivity contribution is 6.03. The van der Waals surface area contributed by atoms with Gasteiger partial charge in [-0.1, -0.05) is 42.8 Å². The summed E-state index contributed by atoms with van der Waals surface area (Å²) in [5, 5.41) is 5.88. The van der Waals surface area contributed by atoms with Crippen LogP contribution in [0.15, 0.2) is 48.5 Å². The molecular formula is C23H27N3O3. The summed E-state index contributed by atoms with van der Waals surface area (Å²) >= 11 is 0. The summed E-state index contributed by atoms with van der Waals surface area (Å²) in [7, 11) is 0. The summed E-state index contributed by atoms with van der Waals surface area (Å²) in [6, 6.07) is 16.0. The number of likely N-dealkylation sites (tertiary alicyclic amines) is 1. The Labute approximate surface area is 171 Å². The van der Waals surface area contributed by atoms with E-state index in [9.17, 15) is 9.59 Å². The lowest BCUT2D eigenvalue weighted by Gasteiger charge is -2.36. The highest BCUT2D eigenvalue weighted by Crippen LogP contribution is 2.33. The van der Waals surface area contributed by atoms with E-state index in [0.717, 1.165) is 19.5 Å². The molecule has 2 atom stereocenters. The number of amides is 2. The van der Waals surface area contributed by atoms with Crippen molar-refractivity contribution >= 4 is 17.5 Å². The molecule has 2 aromatic rings. The molecule has 2 aromatic carbocycles. The minimum absolute atomic E-state index is 0.171. The molecule has 4 rings (SSSR count). The third-order valence-electron chi connectivity index (χ3n) is 5.66. The number of hydrogen-bond acceptors (Lipinski definition) is 4. The van der Waals surface area contributed by atoms with Crippen LogP contribution in [-0.2, 0) is 11.3 Å². The number of rotatable bonds is 5. The van der Waals surface area contributed by atoms with Gasteiger partial charge in [-0.25, -0.2) is 0 Å². The molecule has 2 aliphatic rings. The SMILES string of the molecule is CC1Oc2c(cccc2C(=O)NCC2CCCCN2Cc2ccccc2)NC1=O. The maximum Gasteiger partial charge on any atom is 0.265 e. The number of ether oxygens (including phenoxy) is 1. The number of hydrogen-bond donors (Lipinski definition) is 2. The van der Waals surface area contributed by atoms with E-state index in [1.807, 2.05) is 6.07 Å². The summed E-state index contributed by atoms with van der Waals surface area (Å²) < 4.78 is 5.70. The van der Waals surface area contributed by atoms with Gasteiger partial charge in [-0.3, -0.25) is 14.5 Å². The molecule has 29 heavy (non-hydrogen) atoms. The molecule has 2 amide bonds. The maximum atomic E-state index is 12.9. The lowest BCUT2D eigenvalue weighted by Crippen LogP contribution is -2.46. The average Bonchev–Trinajstić information content (AvgIpc) is 2.74. The van der Waals surface area contributed by atoms with Gasteiger partial charge in [0.1, 0.15) is 0 Å². The molecule has 6 heteroatoms. The van der Waals surface area contributed by atoms with Crippen molar-refractivity contribution in [3.8, 4) is 5.75 Å². The molecule has 0 spiro atoms. The standard InChI is InChI=1S/C23H27N3O3/c1-16-22(27)25-20-12-7-11-19(21(20)29-16)23(28)24-14-18-10-5-6-13-26(18)15-17-8-3-2-4-9-17/h2-4,7-9,11-12,16,18H,5-6,10,13-15H2,1H3,(H,24,28)(H,25,27). The first-order valence-electron chi connectivity index (χ1n) is 10.3. The van der Waals surface area contributed by atoms with E-state index in [0.29, 0.717) is 29.6 Å². The summed E-state index contributed by atoms with van der Waals surface area (Å²) in [4.78, 5) is 27.2. The second-order valence-electron chi connectivity index (χ2n) is 7.75. The van der Waals surface area contributed by atoms with Crippen molar-refractivity contribution in [2.75, 3.05) is 18.4 Å². The van der Waals surface area contributed by atoms with Gasteiger partial charge < -0.3 is 15.4 Å². The Hall–Kier alpha value is -2.86. The molecule has 2 heterocycles. The van der Waals surface area contributed by atoms with Crippen molar-refractivity contribution in [3.63, 3.8) is 0 Å². The van der Waals surface area contributed by atoms with Gasteiger partial charge in [0.05, 0.1) is 11.3 Å². The second-order valence-corrected chi connectivity index (χ2v) is 7.75. The van der Waals surface area contributed by atoms with Crippen LogP contribution in [0.1, 0.15) is 42.1 Å². The van der Waals surface area contributed by atoms with Crippen LogP contribution in [0.4, 0.5) is 5.69 Å². The van der Waals surface area contributed by atoms with Gasteiger partial charge in [0.25, 0.3) is 11.8 Å². The monoisotopic (exact) mass is 393 g/mol. The number of nitrogens with zero attached hydrogens (tertiary/aromatic N) is 1. The molecule has 0 saturated carbocycles. The molecule has 0 aliphatic carbocycles. The molecule has 152 valence electrons. The van der Waals surface area contributed by atoms with E-state index >= 15 is 0 Å². The summed E-state index contributed by atoms with van der Waals surface area (Å²) in [5.41, 5.74) is 2.30. The number of carbonyl (C=O) groups excluding carboxylic acids is 2. The first-order valence-corrected chi connectivity index (χ1v) is 10.3. The van der Waals surface area contributed by atoms with E-state index < -0.39 is 6.10 Å². The zero-order chi connectivity index (χ0) is 20.2. The molecule has 1 fully saturated rings. The predicted molar refractivity (Wildman–Crippen MR) is 112 cm³/mol. The van der Waals surface area contributed by atoms with Crippen LogP contribution in [0.3, 0.4) is 0 Å². The number of anilines is 1. The van der Waals surface area contributed by atoms with Crippen molar-refractivity contribution in [2.24, 2.45) is 0 Å². The lowest BCUT2D eigenvalue weighted by atomic mass is 10.0. The minimum Gasteiger partial charge on any atom is -0.478 e. The molecule has 0 bridgehead atoms. The Balaban J connectivity index is 1.42. The number of nitrogens with one attached hydrogen (secondary N) is 2. The fourth-order valence-corrected chi connectivity index (χ4v) is 4.03. The number of fused-ring (bicyclic) bond motifs is 1. The smallest absolute Gasteiger partial charge is 0.265 e. The van der Waals surface area contributed by atoms with Crippen molar-refractivity contribution in [3.05, 3.63) is 59.7 Å². The Kier molecular flexibility index (Phi) is 5.81. The molecular weight excluding hydrogens is 366 g/mol. The van der Waals surface area contributed by atoms with Crippen LogP contribution in [0.5, 0.6) is 5.75 Å². The third-order valence-corrected chi connectivity index (χ3v) is 5.66. The number of benzene rings is 2. The molecule has 2 N–H and O–H groups in total. The minimum atomic E-state index is -0.615. The van der Waals surface area contributed by atoms with Crippen molar-refractivity contribution in [1.29, 1.82) is 0 Å². The Morgan fingerprint density at radius 1 is 1.17 bits per heavy atom. The zero-order valence-electron chi connectivity index (χ0n) is 16.7. The van der Waals surface area contributed by atoms with Crippen LogP contribution in [0.2, 0.25) is 0 Å². The van der Waals surface area contributed by atoms with E-state index in [-0.39, 0.29) is 11.8 Å². The van der Waals surface area contributed by atoms with E-state index in [4.69, 9.17) is 4.74 Å². The number of carbonyl (C=O) groups is 2. The third kappa shape index (κ3) is 4.43. The van der Waals surface area contributed by atoms with E-state index in [1.165, 1.54) is 18.4 Å². The summed E-state index contributed by atoms with van der Waals surface area (Å²) in [5.74, 6) is 0.0751. The first kappa shape index (κ1) is 19.5. The highest BCUT2D eigenvalue weighted by Gasteiger charge is 2.28. The van der Waals surface area contributed by atoms with Crippen molar-refractivity contribution < 1.29 is 14.3 Å². The second kappa shape index (κ2) is 8.66. The van der Waals surface area contributed by atoms with Crippen molar-refractivity contribution in [2.45, 2.75) is 44.9 Å². The summed E-state index contributed by atoms with van der Waals surface area (Å²) in [6.07, 6.45) is 2.83. The lowest BCUT2D eigenvalue weighted by molar-refractivity contribution is -0.122. The largest absolute Gasteiger partial charge is 0.478 e. The van der Waals surface area contributed by atoms with Crippen molar-refractivity contribution in [1.82, 2.24) is 10.2 Å². The van der Waals surface area contributed by atoms with Gasteiger partial charge >= 0.3 is 0 Å². The van der Waals surface area contributed by atoms with Crippen LogP contribution in [-0.4, -0.2) is 41.9 Å². The van der Waals surface area contributed by atoms with E-state index in [2.05, 4.69) is 39.8 Å². The van der Waals surface area contributed by atoms with Crippen LogP contribution < -0.4 is 15.4 Å². The number of piperidine rings is 1. The summed E-state index contributed by atoms with van der Waals surface area (Å²) in [6.45, 7) is 4.21. The molecule has 0 aromatic heterocycles. The Morgan fingerprint density at radius 3 is 2.83 bits per heavy atom. The Bertz CT molecular complexity index is 884. The number of para-hydroxylation sites is 1. The Morgan fingerprint density at radius 2 is 2.00 bits per heavy atom. The highest BCUT2D eigenvalue weighted by atomic mass is 16.5. The zero-order valence-corrected chi connectivity index (χ0v) is 16.7. The van der Waals surface area contributed by atoms with Gasteiger partial charge in [0, 0.05) is 19.1 Å². The average molecular weight is 393 g/mol. The molecule has 2 aliphatic heterocycles. The van der Waals surface area contributed by atoms with Gasteiger partial charge in [0.2, 0.25) is 0 Å². The fraction of sp³-hybridized carbons (Fsp3) is 0.391. The molecule has 0 radical (unpaired) electrons.